The molecule has 1 N–H and O–H groups in total. The van der Waals surface area contributed by atoms with E-state index in [2.05, 4.69) is 4.90 Å². The molecule has 0 aromatic heterocycles. The fraction of sp³-hybridized carbons (Fsp3) is 0.364. The number of ether oxygens (including phenoxy) is 1. The summed E-state index contributed by atoms with van der Waals surface area (Å²) in [5.41, 5.74) is 2.61. The third kappa shape index (κ3) is 4.44. The first-order valence-electron chi connectivity index (χ1n) is 9.43. The molecule has 1 amide bonds. The molecule has 6 nitrogen and oxygen atoms in total. The second kappa shape index (κ2) is 8.78. The third-order valence-electron chi connectivity index (χ3n) is 5.28. The summed E-state index contributed by atoms with van der Waals surface area (Å²) < 4.78 is 5.05. The van der Waals surface area contributed by atoms with Gasteiger partial charge in [-0.15, -0.1) is 0 Å². The van der Waals surface area contributed by atoms with Crippen LogP contribution in [-0.4, -0.2) is 49.4 Å². The second-order valence-corrected chi connectivity index (χ2v) is 7.17. The van der Waals surface area contributed by atoms with Crippen LogP contribution in [0.5, 0.6) is 11.5 Å². The topological polar surface area (TPSA) is 70.1 Å². The third-order valence-corrected chi connectivity index (χ3v) is 5.28. The first kappa shape index (κ1) is 19.7. The van der Waals surface area contributed by atoms with Crippen LogP contribution in [0.1, 0.15) is 28.8 Å². The molecule has 1 fully saturated rings. The average molecular weight is 382 g/mol. The van der Waals surface area contributed by atoms with Gasteiger partial charge in [0, 0.05) is 43.9 Å². The Bertz CT molecular complexity index is 827. The number of carbonyl (C=O) groups excluding carboxylic acids is 2. The number of piperidine rings is 1. The van der Waals surface area contributed by atoms with Crippen LogP contribution in [0.25, 0.3) is 0 Å². The SMILES string of the molecule is COc1ccc(CN(C)C(=O)C2CCN(c3ccc(C=O)cc3)CC2)cc1O. The van der Waals surface area contributed by atoms with Gasteiger partial charge in [0.25, 0.3) is 0 Å². The maximum Gasteiger partial charge on any atom is 0.225 e. The monoisotopic (exact) mass is 382 g/mol. The van der Waals surface area contributed by atoms with E-state index >= 15 is 0 Å². The number of rotatable bonds is 6. The molecule has 1 saturated heterocycles. The van der Waals surface area contributed by atoms with Crippen LogP contribution in [0, 0.1) is 5.92 Å². The predicted molar refractivity (Wildman–Crippen MR) is 108 cm³/mol. The van der Waals surface area contributed by atoms with Crippen molar-refractivity contribution in [3.63, 3.8) is 0 Å². The minimum Gasteiger partial charge on any atom is -0.504 e. The van der Waals surface area contributed by atoms with E-state index in [1.165, 1.54) is 7.11 Å². The molecule has 3 rings (SSSR count). The van der Waals surface area contributed by atoms with E-state index in [4.69, 9.17) is 4.74 Å². The van der Waals surface area contributed by atoms with Crippen molar-refractivity contribution >= 4 is 17.9 Å². The summed E-state index contributed by atoms with van der Waals surface area (Å²) >= 11 is 0. The Morgan fingerprint density at radius 3 is 2.46 bits per heavy atom. The van der Waals surface area contributed by atoms with Gasteiger partial charge >= 0.3 is 0 Å². The lowest BCUT2D eigenvalue weighted by molar-refractivity contribution is -0.135. The Morgan fingerprint density at radius 1 is 1.21 bits per heavy atom. The summed E-state index contributed by atoms with van der Waals surface area (Å²) in [5.74, 6) is 0.634. The molecule has 0 unspecified atom stereocenters. The summed E-state index contributed by atoms with van der Waals surface area (Å²) in [6, 6.07) is 12.7. The van der Waals surface area contributed by atoms with Crippen LogP contribution in [0.4, 0.5) is 5.69 Å². The Balaban J connectivity index is 1.55. The minimum atomic E-state index is 0.00217. The number of phenols is 1. The molecule has 6 heteroatoms. The quantitative estimate of drug-likeness (QED) is 0.778. The molecule has 1 aliphatic heterocycles. The Hall–Kier alpha value is -3.02. The Kier molecular flexibility index (Phi) is 6.19. The van der Waals surface area contributed by atoms with Gasteiger partial charge in [0.2, 0.25) is 5.91 Å². The fourth-order valence-corrected chi connectivity index (χ4v) is 3.65. The number of hydrogen-bond acceptors (Lipinski definition) is 5. The van der Waals surface area contributed by atoms with Crippen molar-refractivity contribution in [3.05, 3.63) is 53.6 Å². The molecule has 148 valence electrons. The van der Waals surface area contributed by atoms with Gasteiger partial charge < -0.3 is 19.6 Å². The lowest BCUT2D eigenvalue weighted by Crippen LogP contribution is -2.41. The number of nitrogens with zero attached hydrogens (tertiary/aromatic N) is 2. The first-order valence-corrected chi connectivity index (χ1v) is 9.43. The van der Waals surface area contributed by atoms with Gasteiger partial charge in [0.1, 0.15) is 6.29 Å². The van der Waals surface area contributed by atoms with Crippen molar-refractivity contribution in [1.29, 1.82) is 0 Å². The zero-order chi connectivity index (χ0) is 20.1. The van der Waals surface area contributed by atoms with E-state index in [-0.39, 0.29) is 17.6 Å². The zero-order valence-electron chi connectivity index (χ0n) is 16.3. The maximum atomic E-state index is 12.8. The van der Waals surface area contributed by atoms with E-state index in [1.807, 2.05) is 30.3 Å². The van der Waals surface area contributed by atoms with Crippen LogP contribution in [-0.2, 0) is 11.3 Å². The van der Waals surface area contributed by atoms with E-state index < -0.39 is 0 Å². The van der Waals surface area contributed by atoms with E-state index in [1.54, 1.807) is 24.1 Å². The smallest absolute Gasteiger partial charge is 0.225 e. The molecular weight excluding hydrogens is 356 g/mol. The number of aldehydes is 1. The van der Waals surface area contributed by atoms with Crippen molar-refractivity contribution in [2.24, 2.45) is 5.92 Å². The van der Waals surface area contributed by atoms with Crippen molar-refractivity contribution in [1.82, 2.24) is 4.90 Å². The summed E-state index contributed by atoms with van der Waals surface area (Å²) in [7, 11) is 3.31. The largest absolute Gasteiger partial charge is 0.504 e. The minimum absolute atomic E-state index is 0.00217. The number of aromatic hydroxyl groups is 1. The molecule has 0 aliphatic carbocycles. The summed E-state index contributed by atoms with van der Waals surface area (Å²) in [4.78, 5) is 27.6. The van der Waals surface area contributed by atoms with Gasteiger partial charge in [-0.3, -0.25) is 9.59 Å². The zero-order valence-corrected chi connectivity index (χ0v) is 16.3. The molecule has 0 bridgehead atoms. The number of benzene rings is 2. The average Bonchev–Trinajstić information content (AvgIpc) is 2.73. The predicted octanol–water partition coefficient (Wildman–Crippen LogP) is 3.09. The van der Waals surface area contributed by atoms with E-state index in [0.717, 1.165) is 43.5 Å². The summed E-state index contributed by atoms with van der Waals surface area (Å²) in [6.07, 6.45) is 2.44. The van der Waals surface area contributed by atoms with Gasteiger partial charge in [-0.05, 0) is 54.8 Å². The number of carbonyl (C=O) groups is 2. The molecule has 2 aromatic carbocycles. The highest BCUT2D eigenvalue weighted by molar-refractivity contribution is 5.79. The van der Waals surface area contributed by atoms with Gasteiger partial charge in [0.15, 0.2) is 11.5 Å². The number of anilines is 1. The number of hydrogen-bond donors (Lipinski definition) is 1. The van der Waals surface area contributed by atoms with Gasteiger partial charge in [-0.1, -0.05) is 6.07 Å². The number of methoxy groups -OCH3 is 1. The van der Waals surface area contributed by atoms with Crippen molar-refractivity contribution < 1.29 is 19.4 Å². The Labute approximate surface area is 165 Å². The normalized spacial score (nSPS) is 14.6. The highest BCUT2D eigenvalue weighted by Crippen LogP contribution is 2.28. The molecule has 0 spiro atoms. The van der Waals surface area contributed by atoms with Crippen LogP contribution in [0.15, 0.2) is 42.5 Å². The fourth-order valence-electron chi connectivity index (χ4n) is 3.65. The molecule has 2 aromatic rings. The van der Waals surface area contributed by atoms with Crippen LogP contribution >= 0.6 is 0 Å². The van der Waals surface area contributed by atoms with Crippen molar-refractivity contribution in [2.45, 2.75) is 19.4 Å². The molecular formula is C22H26N2O4. The molecule has 28 heavy (non-hydrogen) atoms. The highest BCUT2D eigenvalue weighted by Gasteiger charge is 2.27. The second-order valence-electron chi connectivity index (χ2n) is 7.17. The Morgan fingerprint density at radius 2 is 1.89 bits per heavy atom. The van der Waals surface area contributed by atoms with Crippen molar-refractivity contribution in [2.75, 3.05) is 32.1 Å². The summed E-state index contributed by atoms with van der Waals surface area (Å²) in [6.45, 7) is 2.08. The standard InChI is InChI=1S/C22H26N2O4/c1-23(14-17-5-8-21(28-2)20(26)13-17)22(27)18-9-11-24(12-10-18)19-6-3-16(15-25)4-7-19/h3-8,13,15,18,26H,9-12,14H2,1-2H3. The van der Waals surface area contributed by atoms with E-state index in [0.29, 0.717) is 17.9 Å². The van der Waals surface area contributed by atoms with Crippen molar-refractivity contribution in [3.8, 4) is 11.5 Å². The number of phenolic OH excluding ortho intramolecular Hbond substituents is 1. The first-order chi connectivity index (χ1) is 13.5. The van der Waals surface area contributed by atoms with Gasteiger partial charge in [-0.25, -0.2) is 0 Å². The van der Waals surface area contributed by atoms with Gasteiger partial charge in [-0.2, -0.15) is 0 Å². The molecule has 0 saturated carbocycles. The van der Waals surface area contributed by atoms with Crippen LogP contribution in [0.2, 0.25) is 0 Å². The molecule has 0 atom stereocenters. The lowest BCUT2D eigenvalue weighted by atomic mass is 9.94. The highest BCUT2D eigenvalue weighted by atomic mass is 16.5. The number of amides is 1. The van der Waals surface area contributed by atoms with Crippen LogP contribution in [0.3, 0.4) is 0 Å². The van der Waals surface area contributed by atoms with Crippen LogP contribution < -0.4 is 9.64 Å². The summed E-state index contributed by atoms with van der Waals surface area (Å²) in [5, 5.41) is 9.91. The molecule has 1 aliphatic rings. The molecule has 1 heterocycles. The van der Waals surface area contributed by atoms with Gasteiger partial charge in [0.05, 0.1) is 7.11 Å². The lowest BCUT2D eigenvalue weighted by Gasteiger charge is -2.34. The van der Waals surface area contributed by atoms with E-state index in [9.17, 15) is 14.7 Å². The molecule has 0 radical (unpaired) electrons. The maximum absolute atomic E-state index is 12.8.